The van der Waals surface area contributed by atoms with Crippen molar-refractivity contribution < 1.29 is 0 Å². The largest absolute Gasteiger partial charge is 0.322 e. The fourth-order valence-electron chi connectivity index (χ4n) is 4.62. The Hall–Kier alpha value is -3.32. The number of aromatic amines is 1. The second-order valence-electron chi connectivity index (χ2n) is 10.4. The Bertz CT molecular complexity index is 1340. The topological polar surface area (TPSA) is 79.7 Å². The number of benzene rings is 2. The monoisotopic (exact) mass is 472 g/mol. The molecule has 0 spiro atoms. The van der Waals surface area contributed by atoms with Gasteiger partial charge in [0.2, 0.25) is 0 Å². The lowest BCUT2D eigenvalue weighted by molar-refractivity contribution is 0.118. The van der Waals surface area contributed by atoms with E-state index in [1.807, 2.05) is 41.1 Å². The van der Waals surface area contributed by atoms with Crippen LogP contribution in [0.2, 0.25) is 0 Å². The maximum Gasteiger partial charge on any atom is 0.252 e. The van der Waals surface area contributed by atoms with Gasteiger partial charge in [0.1, 0.15) is 0 Å². The minimum atomic E-state index is -0.220. The van der Waals surface area contributed by atoms with Gasteiger partial charge in [0.15, 0.2) is 5.82 Å². The lowest BCUT2D eigenvalue weighted by Crippen LogP contribution is -2.38. The first-order chi connectivity index (χ1) is 16.7. The summed E-state index contributed by atoms with van der Waals surface area (Å²) >= 11 is 0. The van der Waals surface area contributed by atoms with E-state index in [-0.39, 0.29) is 23.1 Å². The summed E-state index contributed by atoms with van der Waals surface area (Å²) in [6, 6.07) is 18.4. The average molecular weight is 473 g/mol. The van der Waals surface area contributed by atoms with Gasteiger partial charge in [-0.1, -0.05) is 62.7 Å². The van der Waals surface area contributed by atoms with E-state index in [0.29, 0.717) is 13.1 Å². The predicted octanol–water partition coefficient (Wildman–Crippen LogP) is 5.37. The second kappa shape index (κ2) is 10.1. The van der Waals surface area contributed by atoms with Crippen LogP contribution in [0.3, 0.4) is 0 Å². The highest BCUT2D eigenvalue weighted by atomic mass is 16.1. The van der Waals surface area contributed by atoms with Crippen molar-refractivity contribution in [1.29, 1.82) is 0 Å². The zero-order valence-electron chi connectivity index (χ0n) is 21.6. The van der Waals surface area contributed by atoms with Gasteiger partial charge < -0.3 is 4.98 Å². The maximum absolute atomic E-state index is 13.1. The summed E-state index contributed by atoms with van der Waals surface area (Å²) < 4.78 is 1.96. The molecular formula is C28H36N6O. The molecule has 0 aliphatic rings. The Morgan fingerprint density at radius 1 is 1.06 bits per heavy atom. The molecule has 4 rings (SSSR count). The van der Waals surface area contributed by atoms with Crippen molar-refractivity contribution in [3.8, 4) is 0 Å². The average Bonchev–Trinajstić information content (AvgIpc) is 3.30. The molecule has 35 heavy (non-hydrogen) atoms. The highest BCUT2D eigenvalue weighted by Gasteiger charge is 2.33. The van der Waals surface area contributed by atoms with Crippen molar-refractivity contribution in [2.24, 2.45) is 5.92 Å². The minimum absolute atomic E-state index is 0.0598. The number of nitrogens with zero attached hydrogens (tertiary/aromatic N) is 5. The van der Waals surface area contributed by atoms with E-state index in [0.717, 1.165) is 34.3 Å². The van der Waals surface area contributed by atoms with Crippen molar-refractivity contribution in [3.63, 3.8) is 0 Å². The number of tetrazole rings is 1. The van der Waals surface area contributed by atoms with E-state index >= 15 is 0 Å². The van der Waals surface area contributed by atoms with E-state index in [2.05, 4.69) is 85.2 Å². The summed E-state index contributed by atoms with van der Waals surface area (Å²) in [6.45, 7) is 14.1. The van der Waals surface area contributed by atoms with Gasteiger partial charge in [0, 0.05) is 24.2 Å². The molecule has 2 heterocycles. The summed E-state index contributed by atoms with van der Waals surface area (Å²) in [4.78, 5) is 18.5. The fraction of sp³-hybridized carbons (Fsp3) is 0.429. The molecule has 1 atom stereocenters. The van der Waals surface area contributed by atoms with Crippen LogP contribution in [0.4, 0.5) is 0 Å². The molecule has 184 valence electrons. The van der Waals surface area contributed by atoms with E-state index in [1.54, 1.807) is 0 Å². The first kappa shape index (κ1) is 24.8. The van der Waals surface area contributed by atoms with Crippen molar-refractivity contribution in [3.05, 3.63) is 87.5 Å². The lowest BCUT2D eigenvalue weighted by Gasteiger charge is -2.35. The molecule has 0 bridgehead atoms. The first-order valence-electron chi connectivity index (χ1n) is 12.4. The van der Waals surface area contributed by atoms with Gasteiger partial charge in [-0.05, 0) is 72.7 Å². The predicted molar refractivity (Wildman–Crippen MR) is 140 cm³/mol. The molecule has 1 N–H and O–H groups in total. The minimum Gasteiger partial charge on any atom is -0.322 e. The number of H-pyrrole nitrogens is 1. The summed E-state index contributed by atoms with van der Waals surface area (Å²) in [5.41, 5.74) is 3.65. The molecule has 0 aliphatic carbocycles. The molecule has 7 heteroatoms. The third-order valence-corrected chi connectivity index (χ3v) is 6.90. The normalized spacial score (nSPS) is 13.1. The Balaban J connectivity index is 1.81. The number of fused-ring (bicyclic) bond motifs is 1. The van der Waals surface area contributed by atoms with Crippen LogP contribution in [0.1, 0.15) is 69.6 Å². The number of aryl methyl sites for hydroxylation is 1. The van der Waals surface area contributed by atoms with Crippen LogP contribution >= 0.6 is 0 Å². The van der Waals surface area contributed by atoms with Gasteiger partial charge in [0.25, 0.3) is 5.56 Å². The van der Waals surface area contributed by atoms with Crippen LogP contribution < -0.4 is 5.56 Å². The molecule has 7 nitrogen and oxygen atoms in total. The van der Waals surface area contributed by atoms with Crippen LogP contribution in [-0.4, -0.2) is 30.1 Å². The molecule has 4 aromatic rings. The highest BCUT2D eigenvalue weighted by molar-refractivity contribution is 5.79. The van der Waals surface area contributed by atoms with Crippen LogP contribution in [0.25, 0.3) is 10.9 Å². The van der Waals surface area contributed by atoms with Gasteiger partial charge in [-0.3, -0.25) is 9.69 Å². The summed E-state index contributed by atoms with van der Waals surface area (Å²) in [6.07, 6.45) is 0.901. The molecule has 2 aromatic carbocycles. The zero-order chi connectivity index (χ0) is 25.2. The van der Waals surface area contributed by atoms with Crippen LogP contribution in [-0.2, 0) is 18.6 Å². The molecule has 0 amide bonds. The van der Waals surface area contributed by atoms with Gasteiger partial charge in [-0.15, -0.1) is 5.10 Å². The van der Waals surface area contributed by atoms with Crippen molar-refractivity contribution in [1.82, 2.24) is 30.1 Å². The molecule has 0 fully saturated rings. The summed E-state index contributed by atoms with van der Waals surface area (Å²) in [7, 11) is 0. The molecule has 0 saturated carbocycles. The Labute approximate surface area is 207 Å². The number of pyridine rings is 1. The fourth-order valence-corrected chi connectivity index (χ4v) is 4.62. The van der Waals surface area contributed by atoms with Crippen molar-refractivity contribution in [2.45, 2.75) is 72.6 Å². The highest BCUT2D eigenvalue weighted by Crippen LogP contribution is 2.33. The summed E-state index contributed by atoms with van der Waals surface area (Å²) in [5, 5.41) is 14.0. The van der Waals surface area contributed by atoms with Crippen LogP contribution in [0.15, 0.2) is 59.4 Å². The van der Waals surface area contributed by atoms with E-state index in [9.17, 15) is 4.79 Å². The summed E-state index contributed by atoms with van der Waals surface area (Å²) in [5.74, 6) is 1.05. The van der Waals surface area contributed by atoms with Gasteiger partial charge >= 0.3 is 0 Å². The number of rotatable bonds is 9. The molecule has 0 radical (unpaired) electrons. The number of hydrogen-bond acceptors (Lipinski definition) is 5. The van der Waals surface area contributed by atoms with E-state index < -0.39 is 0 Å². The second-order valence-corrected chi connectivity index (χ2v) is 10.4. The zero-order valence-corrected chi connectivity index (χ0v) is 21.6. The number of nitrogens with one attached hydrogen (secondary N) is 1. The van der Waals surface area contributed by atoms with Gasteiger partial charge in [0.05, 0.1) is 11.6 Å². The molecule has 0 aliphatic heterocycles. The van der Waals surface area contributed by atoms with Gasteiger partial charge in [-0.25, -0.2) is 4.68 Å². The molecular weight excluding hydrogens is 436 g/mol. The van der Waals surface area contributed by atoms with Crippen LogP contribution in [0.5, 0.6) is 0 Å². The molecule has 0 saturated heterocycles. The lowest BCUT2D eigenvalue weighted by atomic mass is 9.97. The molecule has 0 unspecified atom stereocenters. The Kier molecular flexibility index (Phi) is 7.17. The Morgan fingerprint density at radius 3 is 2.49 bits per heavy atom. The number of aromatic nitrogens is 5. The standard InChI is InChI=1S/C28H36N6O/c1-7-28(5,6)34-26(30-31-32-34)25(19(2)3)33(17-21-11-9-8-10-12-21)18-23-16-22-15-20(4)13-14-24(22)29-27(23)35/h8-16,19,25H,7,17-18H2,1-6H3,(H,29,35)/t25-/m0/s1. The third kappa shape index (κ3) is 5.35. The maximum atomic E-state index is 13.1. The quantitative estimate of drug-likeness (QED) is 0.354. The Morgan fingerprint density at radius 2 is 1.80 bits per heavy atom. The van der Waals surface area contributed by atoms with Gasteiger partial charge in [-0.2, -0.15) is 0 Å². The van der Waals surface area contributed by atoms with E-state index in [1.165, 1.54) is 5.56 Å². The van der Waals surface area contributed by atoms with E-state index in [4.69, 9.17) is 0 Å². The smallest absolute Gasteiger partial charge is 0.252 e. The van der Waals surface area contributed by atoms with Crippen molar-refractivity contribution >= 4 is 10.9 Å². The molecule has 2 aromatic heterocycles. The first-order valence-corrected chi connectivity index (χ1v) is 12.4. The van der Waals surface area contributed by atoms with Crippen LogP contribution in [0, 0.1) is 12.8 Å². The van der Waals surface area contributed by atoms with Crippen molar-refractivity contribution in [2.75, 3.05) is 0 Å². The third-order valence-electron chi connectivity index (χ3n) is 6.90. The number of hydrogen-bond donors (Lipinski definition) is 1. The SMILES string of the molecule is CCC(C)(C)n1nnnc1[C@H](C(C)C)N(Cc1ccccc1)Cc1cc2cc(C)ccc2[nH]c1=O.